The Labute approximate surface area is 95.3 Å². The van der Waals surface area contributed by atoms with Gasteiger partial charge in [0.2, 0.25) is 5.91 Å². The Morgan fingerprint density at radius 2 is 2.13 bits per heavy atom. The molecule has 1 aliphatic heterocycles. The van der Waals surface area contributed by atoms with Crippen molar-refractivity contribution in [2.45, 2.75) is 40.7 Å². The normalized spacial score (nSPS) is 14.0. The summed E-state index contributed by atoms with van der Waals surface area (Å²) in [6, 6.07) is 0. The first-order chi connectivity index (χ1) is 7.18. The summed E-state index contributed by atoms with van der Waals surface area (Å²) in [5.74, 6) is 0.163. The van der Waals surface area contributed by atoms with Gasteiger partial charge in [-0.3, -0.25) is 4.79 Å². The molecular formula is C11H18N2OS. The first kappa shape index (κ1) is 12.2. The number of fused-ring (bicyclic) bond motifs is 1. The zero-order chi connectivity index (χ0) is 11.4. The molecule has 84 valence electrons. The van der Waals surface area contributed by atoms with Crippen LogP contribution in [0.25, 0.3) is 0 Å². The number of nitrogens with zero attached hydrogens (tertiary/aromatic N) is 2. The molecular weight excluding hydrogens is 208 g/mol. The fourth-order valence-electron chi connectivity index (χ4n) is 1.61. The lowest BCUT2D eigenvalue weighted by atomic mass is 10.1. The van der Waals surface area contributed by atoms with E-state index in [2.05, 4.69) is 4.37 Å². The van der Waals surface area contributed by atoms with E-state index in [0.29, 0.717) is 0 Å². The molecule has 0 aromatic carbocycles. The summed E-state index contributed by atoms with van der Waals surface area (Å²) >= 11 is 1.58. The average molecular weight is 226 g/mol. The molecule has 0 spiro atoms. The lowest BCUT2D eigenvalue weighted by Gasteiger charge is -2.25. The summed E-state index contributed by atoms with van der Waals surface area (Å²) in [7, 11) is 0. The number of aryl methyl sites for hydroxylation is 1. The summed E-state index contributed by atoms with van der Waals surface area (Å²) < 4.78 is 4.30. The molecule has 0 fully saturated rings. The monoisotopic (exact) mass is 226 g/mol. The van der Waals surface area contributed by atoms with Crippen molar-refractivity contribution >= 4 is 17.4 Å². The van der Waals surface area contributed by atoms with Crippen LogP contribution in [0.15, 0.2) is 0 Å². The van der Waals surface area contributed by atoms with Gasteiger partial charge in [0.05, 0.1) is 5.69 Å². The Morgan fingerprint density at radius 1 is 1.47 bits per heavy atom. The van der Waals surface area contributed by atoms with Gasteiger partial charge in [0.15, 0.2) is 0 Å². The Hall–Kier alpha value is -0.900. The van der Waals surface area contributed by atoms with Crippen molar-refractivity contribution in [1.29, 1.82) is 0 Å². The van der Waals surface area contributed by atoms with Crippen LogP contribution in [-0.4, -0.2) is 21.7 Å². The first-order valence-corrected chi connectivity index (χ1v) is 6.15. The second-order valence-corrected chi connectivity index (χ2v) is 4.22. The quantitative estimate of drug-likeness (QED) is 0.680. The lowest BCUT2D eigenvalue weighted by molar-refractivity contribution is -0.129. The molecule has 0 unspecified atom stereocenters. The molecule has 1 aromatic rings. The second kappa shape index (κ2) is 5.26. The van der Waals surface area contributed by atoms with Crippen molar-refractivity contribution < 1.29 is 4.79 Å². The number of hydrogen-bond donors (Lipinski definition) is 0. The largest absolute Gasteiger partial charge is 0.338 e. The zero-order valence-electron chi connectivity index (χ0n) is 9.83. The van der Waals surface area contributed by atoms with Crippen LogP contribution in [0.2, 0.25) is 0 Å². The third kappa shape index (κ3) is 2.56. The predicted octanol–water partition coefficient (Wildman–Crippen LogP) is 2.38. The summed E-state index contributed by atoms with van der Waals surface area (Å²) in [5, 5.41) is 0. The summed E-state index contributed by atoms with van der Waals surface area (Å²) in [6.45, 7) is 9.25. The Morgan fingerprint density at radius 3 is 2.73 bits per heavy atom. The number of hydrogen-bond acceptors (Lipinski definition) is 3. The highest BCUT2D eigenvalue weighted by atomic mass is 32.1. The topological polar surface area (TPSA) is 33.2 Å². The van der Waals surface area contributed by atoms with Gasteiger partial charge in [-0.05, 0) is 18.5 Å². The fraction of sp³-hybridized carbons (Fsp3) is 0.636. The van der Waals surface area contributed by atoms with Crippen LogP contribution in [0.5, 0.6) is 0 Å². The van der Waals surface area contributed by atoms with E-state index in [0.717, 1.165) is 25.2 Å². The second-order valence-electron chi connectivity index (χ2n) is 3.36. The van der Waals surface area contributed by atoms with Gasteiger partial charge in [-0.1, -0.05) is 13.8 Å². The molecule has 1 amide bonds. The molecule has 1 aromatic heterocycles. The van der Waals surface area contributed by atoms with Gasteiger partial charge >= 0.3 is 0 Å². The Balaban J connectivity index is 0.000000531. The summed E-state index contributed by atoms with van der Waals surface area (Å²) in [4.78, 5) is 14.4. The van der Waals surface area contributed by atoms with Crippen LogP contribution in [0.1, 0.15) is 36.9 Å². The highest BCUT2D eigenvalue weighted by Crippen LogP contribution is 2.25. The van der Waals surface area contributed by atoms with E-state index in [1.54, 1.807) is 18.5 Å². The van der Waals surface area contributed by atoms with Crippen molar-refractivity contribution in [3.8, 4) is 0 Å². The van der Waals surface area contributed by atoms with E-state index in [-0.39, 0.29) is 5.91 Å². The highest BCUT2D eigenvalue weighted by Gasteiger charge is 2.21. The van der Waals surface area contributed by atoms with Gasteiger partial charge in [-0.2, -0.15) is 4.37 Å². The SMILES string of the molecule is CC.CC(=O)N1CCc2snc(C)c2C1. The van der Waals surface area contributed by atoms with E-state index in [1.165, 1.54) is 10.4 Å². The number of aromatic nitrogens is 1. The maximum absolute atomic E-state index is 11.2. The molecule has 3 nitrogen and oxygen atoms in total. The van der Waals surface area contributed by atoms with Gasteiger partial charge < -0.3 is 4.90 Å². The molecule has 0 aliphatic carbocycles. The van der Waals surface area contributed by atoms with E-state index >= 15 is 0 Å². The van der Waals surface area contributed by atoms with Gasteiger partial charge in [0.1, 0.15) is 0 Å². The van der Waals surface area contributed by atoms with Gasteiger partial charge in [0.25, 0.3) is 0 Å². The molecule has 0 radical (unpaired) electrons. The minimum atomic E-state index is 0.163. The lowest BCUT2D eigenvalue weighted by Crippen LogP contribution is -2.33. The van der Waals surface area contributed by atoms with E-state index < -0.39 is 0 Å². The third-order valence-corrected chi connectivity index (χ3v) is 3.51. The smallest absolute Gasteiger partial charge is 0.219 e. The van der Waals surface area contributed by atoms with Crippen LogP contribution in [0.4, 0.5) is 0 Å². The molecule has 15 heavy (non-hydrogen) atoms. The maximum Gasteiger partial charge on any atom is 0.219 e. The van der Waals surface area contributed by atoms with E-state index in [1.807, 2.05) is 25.7 Å². The number of rotatable bonds is 0. The average Bonchev–Trinajstić information content (AvgIpc) is 2.63. The van der Waals surface area contributed by atoms with Crippen molar-refractivity contribution in [1.82, 2.24) is 9.27 Å². The highest BCUT2D eigenvalue weighted by molar-refractivity contribution is 7.06. The molecule has 0 atom stereocenters. The fourth-order valence-corrected chi connectivity index (χ4v) is 2.47. The van der Waals surface area contributed by atoms with Gasteiger partial charge in [-0.25, -0.2) is 0 Å². The molecule has 0 N–H and O–H groups in total. The van der Waals surface area contributed by atoms with E-state index in [9.17, 15) is 4.79 Å². The van der Waals surface area contributed by atoms with Gasteiger partial charge in [0, 0.05) is 36.9 Å². The molecule has 2 heterocycles. The van der Waals surface area contributed by atoms with Crippen LogP contribution >= 0.6 is 11.5 Å². The zero-order valence-corrected chi connectivity index (χ0v) is 10.6. The minimum absolute atomic E-state index is 0.163. The van der Waals surface area contributed by atoms with Crippen molar-refractivity contribution in [2.75, 3.05) is 6.54 Å². The van der Waals surface area contributed by atoms with Crippen molar-refractivity contribution in [3.05, 3.63) is 16.1 Å². The van der Waals surface area contributed by atoms with Crippen LogP contribution in [0, 0.1) is 6.92 Å². The molecule has 2 rings (SSSR count). The molecule has 1 aliphatic rings. The predicted molar refractivity (Wildman–Crippen MR) is 63.0 cm³/mol. The third-order valence-electron chi connectivity index (χ3n) is 2.47. The van der Waals surface area contributed by atoms with Crippen molar-refractivity contribution in [2.24, 2.45) is 0 Å². The Bertz CT molecular complexity index is 346. The summed E-state index contributed by atoms with van der Waals surface area (Å²) in [6.07, 6.45) is 0.973. The van der Waals surface area contributed by atoms with E-state index in [4.69, 9.17) is 0 Å². The van der Waals surface area contributed by atoms with Crippen LogP contribution < -0.4 is 0 Å². The van der Waals surface area contributed by atoms with Crippen LogP contribution in [-0.2, 0) is 17.8 Å². The Kier molecular flexibility index (Phi) is 4.27. The first-order valence-electron chi connectivity index (χ1n) is 5.38. The number of carbonyl (C=O) groups is 1. The maximum atomic E-state index is 11.2. The molecule has 0 saturated carbocycles. The standard InChI is InChI=1S/C9H12N2OS.C2H6/c1-6-8-5-11(7(2)12)4-3-9(8)13-10-6;1-2/h3-5H2,1-2H3;1-2H3. The molecule has 4 heteroatoms. The van der Waals surface area contributed by atoms with Crippen molar-refractivity contribution in [3.63, 3.8) is 0 Å². The van der Waals surface area contributed by atoms with Crippen LogP contribution in [0.3, 0.4) is 0 Å². The number of amides is 1. The molecule has 0 bridgehead atoms. The molecule has 0 saturated heterocycles. The summed E-state index contributed by atoms with van der Waals surface area (Å²) in [5.41, 5.74) is 2.36. The minimum Gasteiger partial charge on any atom is -0.338 e. The number of carbonyl (C=O) groups excluding carboxylic acids is 1. The van der Waals surface area contributed by atoms with Gasteiger partial charge in [-0.15, -0.1) is 0 Å².